The monoisotopic (exact) mass is 299 g/mol. The normalized spacial score (nSPS) is 21.3. The van der Waals surface area contributed by atoms with Gasteiger partial charge in [-0.05, 0) is 12.5 Å². The smallest absolute Gasteiger partial charge is 0.213 e. The molecule has 3 heterocycles. The highest BCUT2D eigenvalue weighted by Crippen LogP contribution is 2.56. The van der Waals surface area contributed by atoms with E-state index < -0.39 is 0 Å². The quantitative estimate of drug-likeness (QED) is 0.814. The third-order valence-electron chi connectivity index (χ3n) is 4.36. The Morgan fingerprint density at radius 2 is 1.59 bits per heavy atom. The molecule has 2 aromatic rings. The molecule has 0 amide bonds. The van der Waals surface area contributed by atoms with Gasteiger partial charge in [0.2, 0.25) is 5.88 Å². The Bertz CT molecular complexity index is 812. The molecule has 0 saturated carbocycles. The van der Waals surface area contributed by atoms with E-state index in [1.165, 1.54) is 0 Å². The van der Waals surface area contributed by atoms with E-state index in [0.717, 1.165) is 39.1 Å². The summed E-state index contributed by atoms with van der Waals surface area (Å²) in [5.41, 5.74) is 3.85. The van der Waals surface area contributed by atoms with Crippen LogP contribution < -0.4 is 14.2 Å². The van der Waals surface area contributed by atoms with Gasteiger partial charge in [-0.1, -0.05) is 12.2 Å². The molecule has 2 aliphatic rings. The van der Waals surface area contributed by atoms with Crippen molar-refractivity contribution in [3.63, 3.8) is 0 Å². The third kappa shape index (κ3) is 1.54. The zero-order valence-electron chi connectivity index (χ0n) is 13.0. The highest BCUT2D eigenvalue weighted by molar-refractivity contribution is 5.97. The summed E-state index contributed by atoms with van der Waals surface area (Å²) in [6.07, 6.45) is 3.94. The second-order valence-electron chi connectivity index (χ2n) is 5.46. The van der Waals surface area contributed by atoms with E-state index in [9.17, 15) is 0 Å². The predicted octanol–water partition coefficient (Wildman–Crippen LogP) is 3.25. The zero-order chi connectivity index (χ0) is 15.4. The number of ether oxygens (including phenoxy) is 4. The Labute approximate surface area is 128 Å². The molecule has 0 spiro atoms. The Morgan fingerprint density at radius 1 is 0.955 bits per heavy atom. The maximum absolute atomic E-state index is 5.97. The molecular weight excluding hydrogens is 282 g/mol. The Morgan fingerprint density at radius 3 is 2.18 bits per heavy atom. The van der Waals surface area contributed by atoms with Crippen LogP contribution in [0.25, 0.3) is 10.9 Å². The molecule has 0 N–H and O–H groups in total. The number of pyridine rings is 1. The number of hydrogen-bond donors (Lipinski definition) is 0. The van der Waals surface area contributed by atoms with Crippen LogP contribution >= 0.6 is 0 Å². The standard InChI is InChI=1S/C17H17NO4/c1-8-7-11(19-2)18-15-12(8)16(20-3)13-9-5-6-10(22-9)14(13)17(15)21-4/h5-7,9-10H,1-4H3. The van der Waals surface area contributed by atoms with Crippen molar-refractivity contribution >= 4 is 10.9 Å². The lowest BCUT2D eigenvalue weighted by atomic mass is 9.91. The van der Waals surface area contributed by atoms with Crippen LogP contribution in [0.1, 0.15) is 28.9 Å². The molecule has 114 valence electrons. The molecule has 0 saturated heterocycles. The van der Waals surface area contributed by atoms with Crippen molar-refractivity contribution < 1.29 is 18.9 Å². The number of fused-ring (bicyclic) bond motifs is 6. The molecule has 2 bridgehead atoms. The molecular formula is C17H17NO4. The van der Waals surface area contributed by atoms with Crippen LogP contribution in [-0.2, 0) is 4.74 Å². The van der Waals surface area contributed by atoms with Gasteiger partial charge in [-0.2, -0.15) is 0 Å². The lowest BCUT2D eigenvalue weighted by Crippen LogP contribution is -2.05. The van der Waals surface area contributed by atoms with Crippen LogP contribution in [0.3, 0.4) is 0 Å². The average molecular weight is 299 g/mol. The van der Waals surface area contributed by atoms with E-state index in [0.29, 0.717) is 5.88 Å². The number of nitrogens with zero attached hydrogens (tertiary/aromatic N) is 1. The van der Waals surface area contributed by atoms with Crippen LogP contribution in [0.15, 0.2) is 18.2 Å². The fourth-order valence-electron chi connectivity index (χ4n) is 3.47. The van der Waals surface area contributed by atoms with E-state index in [4.69, 9.17) is 18.9 Å². The number of methoxy groups -OCH3 is 3. The highest BCUT2D eigenvalue weighted by atomic mass is 16.5. The van der Waals surface area contributed by atoms with E-state index in [1.54, 1.807) is 21.3 Å². The molecule has 5 nitrogen and oxygen atoms in total. The van der Waals surface area contributed by atoms with Crippen LogP contribution in [0, 0.1) is 6.92 Å². The summed E-state index contributed by atoms with van der Waals surface area (Å²) in [5.74, 6) is 2.12. The fourth-order valence-corrected chi connectivity index (χ4v) is 3.47. The molecule has 0 aliphatic carbocycles. The molecule has 1 aromatic heterocycles. The van der Waals surface area contributed by atoms with Gasteiger partial charge in [0.05, 0.1) is 21.3 Å². The SMILES string of the molecule is COc1cc(C)c2c(OC)c3c(c(OC)c2n1)C1C=CC3O1. The third-order valence-corrected chi connectivity index (χ3v) is 4.36. The molecule has 4 rings (SSSR count). The molecule has 2 unspecified atom stereocenters. The first-order chi connectivity index (χ1) is 10.7. The number of aryl methyl sites for hydroxylation is 1. The second kappa shape index (κ2) is 4.61. The summed E-state index contributed by atoms with van der Waals surface area (Å²) in [7, 11) is 4.95. The largest absolute Gasteiger partial charge is 0.496 e. The van der Waals surface area contributed by atoms with Crippen molar-refractivity contribution in [2.45, 2.75) is 19.1 Å². The summed E-state index contributed by atoms with van der Waals surface area (Å²) in [6.45, 7) is 2.02. The van der Waals surface area contributed by atoms with Crippen LogP contribution in [0.4, 0.5) is 0 Å². The molecule has 0 fully saturated rings. The van der Waals surface area contributed by atoms with Crippen LogP contribution in [-0.4, -0.2) is 26.3 Å². The maximum atomic E-state index is 5.97. The van der Waals surface area contributed by atoms with E-state index in [2.05, 4.69) is 11.1 Å². The summed E-state index contributed by atoms with van der Waals surface area (Å²) in [5, 5.41) is 0.948. The van der Waals surface area contributed by atoms with E-state index >= 15 is 0 Å². The number of benzene rings is 1. The Kier molecular flexibility index (Phi) is 2.81. The van der Waals surface area contributed by atoms with Gasteiger partial charge in [-0.15, -0.1) is 0 Å². The van der Waals surface area contributed by atoms with Gasteiger partial charge in [0.15, 0.2) is 5.75 Å². The minimum atomic E-state index is -0.0958. The van der Waals surface area contributed by atoms with Crippen molar-refractivity contribution in [3.05, 3.63) is 34.9 Å². The minimum absolute atomic E-state index is 0.0743. The van der Waals surface area contributed by atoms with Crippen molar-refractivity contribution in [1.82, 2.24) is 4.98 Å². The fraction of sp³-hybridized carbons (Fsp3) is 0.353. The van der Waals surface area contributed by atoms with Crippen molar-refractivity contribution in [3.8, 4) is 17.4 Å². The van der Waals surface area contributed by atoms with Gasteiger partial charge in [0, 0.05) is 22.6 Å². The lowest BCUT2D eigenvalue weighted by molar-refractivity contribution is 0.0862. The molecule has 0 radical (unpaired) electrons. The Balaban J connectivity index is 2.18. The topological polar surface area (TPSA) is 49.8 Å². The van der Waals surface area contributed by atoms with Gasteiger partial charge in [-0.25, -0.2) is 4.98 Å². The summed E-state index contributed by atoms with van der Waals surface area (Å²) in [4.78, 5) is 4.59. The predicted molar refractivity (Wildman–Crippen MR) is 81.8 cm³/mol. The zero-order valence-corrected chi connectivity index (χ0v) is 13.0. The Hall–Kier alpha value is -2.27. The molecule has 2 atom stereocenters. The minimum Gasteiger partial charge on any atom is -0.496 e. The summed E-state index contributed by atoms with van der Waals surface area (Å²) in [6, 6.07) is 1.90. The first-order valence-electron chi connectivity index (χ1n) is 7.16. The van der Waals surface area contributed by atoms with Crippen molar-refractivity contribution in [2.75, 3.05) is 21.3 Å². The maximum Gasteiger partial charge on any atom is 0.213 e. The molecule has 2 aliphatic heterocycles. The van der Waals surface area contributed by atoms with E-state index in [1.807, 2.05) is 19.1 Å². The first-order valence-corrected chi connectivity index (χ1v) is 7.16. The summed E-state index contributed by atoms with van der Waals surface area (Å²) >= 11 is 0. The van der Waals surface area contributed by atoms with Gasteiger partial charge in [-0.3, -0.25) is 0 Å². The van der Waals surface area contributed by atoms with Gasteiger partial charge in [0.25, 0.3) is 0 Å². The molecule has 1 aromatic carbocycles. The van der Waals surface area contributed by atoms with Crippen LogP contribution in [0.2, 0.25) is 0 Å². The number of rotatable bonds is 3. The highest BCUT2D eigenvalue weighted by Gasteiger charge is 2.41. The van der Waals surface area contributed by atoms with E-state index in [-0.39, 0.29) is 12.2 Å². The lowest BCUT2D eigenvalue weighted by Gasteiger charge is -2.20. The number of aromatic nitrogens is 1. The van der Waals surface area contributed by atoms with Crippen molar-refractivity contribution in [1.29, 1.82) is 0 Å². The summed E-state index contributed by atoms with van der Waals surface area (Å²) < 4.78 is 22.7. The first kappa shape index (κ1) is 13.4. The van der Waals surface area contributed by atoms with Gasteiger partial charge in [0.1, 0.15) is 23.5 Å². The van der Waals surface area contributed by atoms with Crippen molar-refractivity contribution in [2.24, 2.45) is 0 Å². The van der Waals surface area contributed by atoms with Gasteiger partial charge < -0.3 is 18.9 Å². The van der Waals surface area contributed by atoms with Crippen LogP contribution in [0.5, 0.6) is 17.4 Å². The molecule has 22 heavy (non-hydrogen) atoms. The molecule has 5 heteroatoms. The number of hydrogen-bond acceptors (Lipinski definition) is 5. The second-order valence-corrected chi connectivity index (χ2v) is 5.46. The van der Waals surface area contributed by atoms with Gasteiger partial charge >= 0.3 is 0 Å². The average Bonchev–Trinajstić information content (AvgIpc) is 3.14.